The summed E-state index contributed by atoms with van der Waals surface area (Å²) in [5.74, 6) is -0.659. The monoisotopic (exact) mass is 331 g/mol. The lowest BCUT2D eigenvalue weighted by atomic mass is 9.73. The Morgan fingerprint density at radius 3 is 1.68 bits per heavy atom. The van der Waals surface area contributed by atoms with Gasteiger partial charge in [0.15, 0.2) is 0 Å². The van der Waals surface area contributed by atoms with Crippen molar-refractivity contribution in [3.05, 3.63) is 59.7 Å². The van der Waals surface area contributed by atoms with Gasteiger partial charge < -0.3 is 0 Å². The van der Waals surface area contributed by atoms with Crippen LogP contribution in [0, 0.1) is 0 Å². The van der Waals surface area contributed by atoms with E-state index in [0.29, 0.717) is 0 Å². The summed E-state index contributed by atoms with van der Waals surface area (Å²) in [4.78, 5) is 28.3. The van der Waals surface area contributed by atoms with Crippen molar-refractivity contribution in [2.45, 2.75) is 50.0 Å². The van der Waals surface area contributed by atoms with Crippen LogP contribution in [0.4, 0.5) is 0 Å². The van der Waals surface area contributed by atoms with Crippen LogP contribution in [0.15, 0.2) is 48.5 Å². The lowest BCUT2D eigenvalue weighted by Crippen LogP contribution is -2.41. The van der Waals surface area contributed by atoms with Crippen molar-refractivity contribution >= 4 is 11.8 Å². The quantitative estimate of drug-likeness (QED) is 0.733. The van der Waals surface area contributed by atoms with Gasteiger partial charge in [-0.1, -0.05) is 67.8 Å². The van der Waals surface area contributed by atoms with Gasteiger partial charge in [0.25, 0.3) is 0 Å². The number of nitrogens with zero attached hydrogens (tertiary/aromatic N) is 1. The Morgan fingerprint density at radius 1 is 0.680 bits per heavy atom. The predicted octanol–water partition coefficient (Wildman–Crippen LogP) is 4.24. The van der Waals surface area contributed by atoms with Crippen molar-refractivity contribution in [2.75, 3.05) is 0 Å². The van der Waals surface area contributed by atoms with E-state index < -0.39 is 0 Å². The first kappa shape index (κ1) is 14.9. The van der Waals surface area contributed by atoms with Gasteiger partial charge in [-0.05, 0) is 35.1 Å². The molecule has 3 heteroatoms. The zero-order valence-electron chi connectivity index (χ0n) is 14.2. The number of benzene rings is 2. The molecule has 3 nitrogen and oxygen atoms in total. The average Bonchev–Trinajstić information content (AvgIpc) is 2.94. The number of carbonyl (C=O) groups excluding carboxylic acids is 2. The van der Waals surface area contributed by atoms with Crippen molar-refractivity contribution in [1.82, 2.24) is 4.90 Å². The molecule has 2 fully saturated rings. The number of carbonyl (C=O) groups is 2. The Hall–Kier alpha value is -2.42. The molecule has 5 rings (SSSR count). The van der Waals surface area contributed by atoms with Gasteiger partial charge in [-0.15, -0.1) is 0 Å². The molecule has 126 valence electrons. The molecule has 1 saturated carbocycles. The summed E-state index contributed by atoms with van der Waals surface area (Å²) >= 11 is 0. The molecular formula is C22H21NO2. The Balaban J connectivity index is 1.67. The lowest BCUT2D eigenvalue weighted by Gasteiger charge is -2.29. The standard InChI is InChI=1S/C22H21NO2/c24-21-19-17-12-6-4-10-15(17)16-11-5-7-13-18(16)20(19)22(25)23(21)14-8-2-1-3-9-14/h4-7,10-14,19-20H,1-3,8-9H2/t19-,20-/m0/s1. The topological polar surface area (TPSA) is 37.4 Å². The highest BCUT2D eigenvalue weighted by molar-refractivity contribution is 6.13. The number of rotatable bonds is 1. The second-order valence-electron chi connectivity index (χ2n) is 7.47. The number of amides is 2. The van der Waals surface area contributed by atoms with Gasteiger partial charge in [0.1, 0.15) is 0 Å². The lowest BCUT2D eigenvalue weighted by molar-refractivity contribution is -0.142. The van der Waals surface area contributed by atoms with Gasteiger partial charge >= 0.3 is 0 Å². The van der Waals surface area contributed by atoms with E-state index in [2.05, 4.69) is 12.1 Å². The van der Waals surface area contributed by atoms with Crippen molar-refractivity contribution < 1.29 is 9.59 Å². The molecule has 0 aromatic heterocycles. The molecule has 2 aliphatic carbocycles. The van der Waals surface area contributed by atoms with E-state index in [0.717, 1.165) is 47.9 Å². The fourth-order valence-corrected chi connectivity index (χ4v) is 5.04. The highest BCUT2D eigenvalue weighted by atomic mass is 16.2. The minimum atomic E-state index is -0.347. The number of imide groups is 1. The van der Waals surface area contributed by atoms with Crippen molar-refractivity contribution in [1.29, 1.82) is 0 Å². The maximum absolute atomic E-state index is 13.3. The van der Waals surface area contributed by atoms with Gasteiger partial charge in [-0.2, -0.15) is 0 Å². The third-order valence-electron chi connectivity index (χ3n) is 6.16. The summed E-state index contributed by atoms with van der Waals surface area (Å²) in [6.45, 7) is 0. The SMILES string of the molecule is O=C1[C@H]2c3ccccc3-c3ccccc3[C@@H]2C(=O)N1C1CCCCC1. The third kappa shape index (κ3) is 2.05. The molecule has 2 aromatic carbocycles. The second-order valence-corrected chi connectivity index (χ2v) is 7.47. The van der Waals surface area contributed by atoms with Gasteiger partial charge in [0.05, 0.1) is 11.8 Å². The minimum Gasteiger partial charge on any atom is -0.278 e. The zero-order valence-corrected chi connectivity index (χ0v) is 14.2. The molecule has 0 bridgehead atoms. The Kier molecular flexibility index (Phi) is 3.30. The summed E-state index contributed by atoms with van der Waals surface area (Å²) < 4.78 is 0. The predicted molar refractivity (Wildman–Crippen MR) is 96.1 cm³/mol. The highest BCUT2D eigenvalue weighted by Gasteiger charge is 2.53. The third-order valence-corrected chi connectivity index (χ3v) is 6.16. The summed E-state index contributed by atoms with van der Waals surface area (Å²) in [5.41, 5.74) is 4.24. The fourth-order valence-electron chi connectivity index (χ4n) is 5.04. The van der Waals surface area contributed by atoms with Crippen LogP contribution in [-0.2, 0) is 9.59 Å². The Bertz CT molecular complexity index is 802. The normalized spacial score (nSPS) is 25.5. The van der Waals surface area contributed by atoms with Crippen LogP contribution < -0.4 is 0 Å². The summed E-state index contributed by atoms with van der Waals surface area (Å²) in [5, 5.41) is 0. The van der Waals surface area contributed by atoms with Crippen LogP contribution >= 0.6 is 0 Å². The first-order chi connectivity index (χ1) is 12.3. The van der Waals surface area contributed by atoms with Crippen molar-refractivity contribution in [3.8, 4) is 11.1 Å². The van der Waals surface area contributed by atoms with Crippen molar-refractivity contribution in [2.24, 2.45) is 0 Å². The number of hydrogen-bond donors (Lipinski definition) is 0. The Labute approximate surface area is 147 Å². The largest absolute Gasteiger partial charge is 0.278 e. The molecular weight excluding hydrogens is 310 g/mol. The van der Waals surface area contributed by atoms with Crippen LogP contribution in [0.25, 0.3) is 11.1 Å². The van der Waals surface area contributed by atoms with Gasteiger partial charge in [0.2, 0.25) is 11.8 Å². The van der Waals surface area contributed by atoms with Crippen LogP contribution in [0.3, 0.4) is 0 Å². The van der Waals surface area contributed by atoms with E-state index in [1.807, 2.05) is 36.4 Å². The molecule has 3 aliphatic rings. The van der Waals surface area contributed by atoms with Crippen LogP contribution in [-0.4, -0.2) is 22.8 Å². The molecule has 1 heterocycles. The van der Waals surface area contributed by atoms with Gasteiger partial charge in [0, 0.05) is 6.04 Å². The molecule has 2 aromatic rings. The maximum Gasteiger partial charge on any atom is 0.238 e. The molecule has 2 atom stereocenters. The van der Waals surface area contributed by atoms with Crippen LogP contribution in [0.1, 0.15) is 55.1 Å². The van der Waals surface area contributed by atoms with Crippen LogP contribution in [0.2, 0.25) is 0 Å². The van der Waals surface area contributed by atoms with E-state index in [1.54, 1.807) is 4.90 Å². The first-order valence-corrected chi connectivity index (χ1v) is 9.32. The van der Waals surface area contributed by atoms with E-state index in [1.165, 1.54) is 6.42 Å². The smallest absolute Gasteiger partial charge is 0.238 e. The molecule has 2 amide bonds. The average molecular weight is 331 g/mol. The van der Waals surface area contributed by atoms with E-state index in [9.17, 15) is 9.59 Å². The van der Waals surface area contributed by atoms with Crippen LogP contribution in [0.5, 0.6) is 0 Å². The van der Waals surface area contributed by atoms with E-state index in [-0.39, 0.29) is 29.7 Å². The van der Waals surface area contributed by atoms with E-state index in [4.69, 9.17) is 0 Å². The molecule has 0 unspecified atom stereocenters. The summed E-state index contributed by atoms with van der Waals surface area (Å²) in [6, 6.07) is 16.3. The number of hydrogen-bond acceptors (Lipinski definition) is 2. The molecule has 1 saturated heterocycles. The summed E-state index contributed by atoms with van der Waals surface area (Å²) in [6.07, 6.45) is 5.36. The molecule has 0 N–H and O–H groups in total. The molecule has 1 aliphatic heterocycles. The number of likely N-dealkylation sites (tertiary alicyclic amines) is 1. The summed E-state index contributed by atoms with van der Waals surface area (Å²) in [7, 11) is 0. The van der Waals surface area contributed by atoms with Gasteiger partial charge in [-0.3, -0.25) is 14.5 Å². The maximum atomic E-state index is 13.3. The first-order valence-electron chi connectivity index (χ1n) is 9.32. The van der Waals surface area contributed by atoms with Gasteiger partial charge in [-0.25, -0.2) is 0 Å². The highest BCUT2D eigenvalue weighted by Crippen LogP contribution is 2.52. The molecule has 0 spiro atoms. The number of fused-ring (bicyclic) bond motifs is 6. The zero-order chi connectivity index (χ0) is 17.0. The van der Waals surface area contributed by atoms with Crippen molar-refractivity contribution in [3.63, 3.8) is 0 Å². The fraction of sp³-hybridized carbons (Fsp3) is 0.364. The second kappa shape index (κ2) is 5.55. The molecule has 0 radical (unpaired) electrons. The minimum absolute atomic E-state index is 0.0175. The molecule has 25 heavy (non-hydrogen) atoms. The Morgan fingerprint density at radius 2 is 1.16 bits per heavy atom. The van der Waals surface area contributed by atoms with E-state index >= 15 is 0 Å².